The number of nitrogens with zero attached hydrogens (tertiary/aromatic N) is 1. The number of halogens is 1. The zero-order valence-electron chi connectivity index (χ0n) is 14.4. The Hall–Kier alpha value is -1.83. The lowest BCUT2D eigenvalue weighted by atomic mass is 9.94. The van der Waals surface area contributed by atoms with Crippen LogP contribution in [0.1, 0.15) is 49.6 Å². The first kappa shape index (κ1) is 19.5. The average molecular weight is 415 g/mol. The van der Waals surface area contributed by atoms with Crippen molar-refractivity contribution in [2.75, 3.05) is 13.6 Å². The Kier molecular flexibility index (Phi) is 7.04. The van der Waals surface area contributed by atoms with Gasteiger partial charge in [-0.1, -0.05) is 19.3 Å². The Morgan fingerprint density at radius 3 is 2.60 bits per heavy atom. The monoisotopic (exact) mass is 414 g/mol. The van der Waals surface area contributed by atoms with Gasteiger partial charge < -0.3 is 19.4 Å². The molecule has 8 heteroatoms. The van der Waals surface area contributed by atoms with Crippen molar-refractivity contribution in [3.8, 4) is 0 Å². The lowest BCUT2D eigenvalue weighted by Gasteiger charge is -2.32. The predicted octanol–water partition coefficient (Wildman–Crippen LogP) is 2.49. The van der Waals surface area contributed by atoms with Crippen LogP contribution < -0.4 is 5.32 Å². The van der Waals surface area contributed by atoms with Crippen molar-refractivity contribution in [1.29, 1.82) is 0 Å². The molecule has 138 valence electrons. The largest absolute Gasteiger partial charge is 0.451 e. The molecule has 1 aromatic heterocycles. The molecular weight excluding hydrogens is 392 g/mol. The molecule has 0 unspecified atom stereocenters. The molecule has 0 radical (unpaired) electrons. The van der Waals surface area contributed by atoms with Crippen molar-refractivity contribution in [1.82, 2.24) is 10.2 Å². The summed E-state index contributed by atoms with van der Waals surface area (Å²) in [5.41, 5.74) is 0. The first-order valence-corrected chi connectivity index (χ1v) is 9.17. The van der Waals surface area contributed by atoms with Gasteiger partial charge in [0, 0.05) is 13.1 Å². The van der Waals surface area contributed by atoms with E-state index in [1.54, 1.807) is 24.9 Å². The van der Waals surface area contributed by atoms with Gasteiger partial charge in [-0.15, -0.1) is 0 Å². The van der Waals surface area contributed by atoms with Gasteiger partial charge in [0.05, 0.1) is 0 Å². The van der Waals surface area contributed by atoms with E-state index in [9.17, 15) is 14.4 Å². The number of hydrogen-bond acceptors (Lipinski definition) is 5. The van der Waals surface area contributed by atoms with Gasteiger partial charge >= 0.3 is 5.97 Å². The number of amides is 2. The Morgan fingerprint density at radius 2 is 2.00 bits per heavy atom. The van der Waals surface area contributed by atoms with Gasteiger partial charge in [-0.2, -0.15) is 0 Å². The van der Waals surface area contributed by atoms with Crippen LogP contribution in [-0.2, 0) is 14.3 Å². The third kappa shape index (κ3) is 5.59. The smallest absolute Gasteiger partial charge is 0.326 e. The number of ether oxygens (including phenoxy) is 1. The standard InChI is InChI=1S/C17H23BrN2O5/c1-11(17(23)20(2)12-6-4-3-5-7-12)24-15(21)10-19-16(22)13-8-9-14(18)25-13/h8-9,11-12H,3-7,10H2,1-2H3,(H,19,22)/t11-/m0/s1. The fourth-order valence-electron chi connectivity index (χ4n) is 2.90. The van der Waals surface area contributed by atoms with E-state index in [1.807, 2.05) is 0 Å². The molecule has 1 aliphatic rings. The zero-order valence-corrected chi connectivity index (χ0v) is 16.0. The zero-order chi connectivity index (χ0) is 18.4. The molecule has 1 aliphatic carbocycles. The van der Waals surface area contributed by atoms with Gasteiger partial charge in [-0.25, -0.2) is 0 Å². The Morgan fingerprint density at radius 1 is 1.32 bits per heavy atom. The van der Waals surface area contributed by atoms with Crippen LogP contribution in [0.25, 0.3) is 0 Å². The normalized spacial score (nSPS) is 16.1. The van der Waals surface area contributed by atoms with E-state index in [4.69, 9.17) is 9.15 Å². The highest BCUT2D eigenvalue weighted by Crippen LogP contribution is 2.22. The van der Waals surface area contributed by atoms with Gasteiger partial charge in [-0.3, -0.25) is 14.4 Å². The highest BCUT2D eigenvalue weighted by Gasteiger charge is 2.27. The van der Waals surface area contributed by atoms with Crippen molar-refractivity contribution in [2.45, 2.75) is 51.2 Å². The van der Waals surface area contributed by atoms with Crippen LogP contribution >= 0.6 is 15.9 Å². The van der Waals surface area contributed by atoms with E-state index in [1.165, 1.54) is 12.5 Å². The summed E-state index contributed by atoms with van der Waals surface area (Å²) in [6, 6.07) is 3.27. The highest BCUT2D eigenvalue weighted by atomic mass is 79.9. The molecule has 7 nitrogen and oxygen atoms in total. The van der Waals surface area contributed by atoms with Crippen LogP contribution in [0.3, 0.4) is 0 Å². The fourth-order valence-corrected chi connectivity index (χ4v) is 3.21. The molecule has 1 atom stereocenters. The number of likely N-dealkylation sites (N-methyl/N-ethyl adjacent to an activating group) is 1. The summed E-state index contributed by atoms with van der Waals surface area (Å²) in [5.74, 6) is -1.33. The van der Waals surface area contributed by atoms with Gasteiger partial charge in [-0.05, 0) is 47.8 Å². The van der Waals surface area contributed by atoms with Crippen LogP contribution in [0.15, 0.2) is 21.2 Å². The third-order valence-electron chi connectivity index (χ3n) is 4.32. The Balaban J connectivity index is 1.76. The minimum Gasteiger partial charge on any atom is -0.451 e. The van der Waals surface area contributed by atoms with Crippen LogP contribution in [0.2, 0.25) is 0 Å². The fraction of sp³-hybridized carbons (Fsp3) is 0.588. The second-order valence-electron chi connectivity index (χ2n) is 6.16. The lowest BCUT2D eigenvalue weighted by molar-refractivity contribution is -0.158. The van der Waals surface area contributed by atoms with Gasteiger partial charge in [0.15, 0.2) is 16.5 Å². The predicted molar refractivity (Wildman–Crippen MR) is 93.9 cm³/mol. The number of rotatable bonds is 6. The van der Waals surface area contributed by atoms with E-state index >= 15 is 0 Å². The number of hydrogen-bond donors (Lipinski definition) is 1. The third-order valence-corrected chi connectivity index (χ3v) is 4.74. The first-order valence-electron chi connectivity index (χ1n) is 8.38. The SMILES string of the molecule is C[C@H](OC(=O)CNC(=O)c1ccc(Br)o1)C(=O)N(C)C1CCCCC1. The minimum atomic E-state index is -0.880. The van der Waals surface area contributed by atoms with Crippen molar-refractivity contribution >= 4 is 33.7 Å². The Bertz CT molecular complexity index is 624. The van der Waals surface area contributed by atoms with Crippen molar-refractivity contribution in [3.05, 3.63) is 22.6 Å². The summed E-state index contributed by atoms with van der Waals surface area (Å²) < 4.78 is 10.6. The van der Waals surface area contributed by atoms with E-state index in [0.717, 1.165) is 25.7 Å². The average Bonchev–Trinajstić information content (AvgIpc) is 3.05. The maximum Gasteiger partial charge on any atom is 0.326 e. The lowest BCUT2D eigenvalue weighted by Crippen LogP contribution is -2.45. The summed E-state index contributed by atoms with van der Waals surface area (Å²) in [6.45, 7) is 1.22. The van der Waals surface area contributed by atoms with Crippen LogP contribution in [0.5, 0.6) is 0 Å². The topological polar surface area (TPSA) is 88.8 Å². The molecular formula is C17H23BrN2O5. The summed E-state index contributed by atoms with van der Waals surface area (Å²) >= 11 is 3.09. The second-order valence-corrected chi connectivity index (χ2v) is 6.94. The van der Waals surface area contributed by atoms with Gasteiger partial charge in [0.2, 0.25) is 0 Å². The molecule has 0 saturated heterocycles. The van der Waals surface area contributed by atoms with Crippen molar-refractivity contribution in [3.63, 3.8) is 0 Å². The maximum atomic E-state index is 12.4. The number of carbonyl (C=O) groups excluding carboxylic acids is 3. The molecule has 1 heterocycles. The van der Waals surface area contributed by atoms with Crippen LogP contribution in [0.4, 0.5) is 0 Å². The summed E-state index contributed by atoms with van der Waals surface area (Å²) in [7, 11) is 1.75. The number of furan rings is 1. The minimum absolute atomic E-state index is 0.0841. The molecule has 0 spiro atoms. The number of esters is 1. The molecule has 25 heavy (non-hydrogen) atoms. The molecule has 0 bridgehead atoms. The molecule has 1 N–H and O–H groups in total. The van der Waals surface area contributed by atoms with Crippen molar-refractivity contribution < 1.29 is 23.5 Å². The van der Waals surface area contributed by atoms with Gasteiger partial charge in [0.25, 0.3) is 11.8 Å². The highest BCUT2D eigenvalue weighted by molar-refractivity contribution is 9.10. The van der Waals surface area contributed by atoms with Crippen LogP contribution in [0, 0.1) is 0 Å². The van der Waals surface area contributed by atoms with Crippen molar-refractivity contribution in [2.24, 2.45) is 0 Å². The summed E-state index contributed by atoms with van der Waals surface area (Å²) in [6.07, 6.45) is 4.52. The quantitative estimate of drug-likeness (QED) is 0.722. The van der Waals surface area contributed by atoms with Crippen LogP contribution in [-0.4, -0.2) is 48.4 Å². The molecule has 1 aromatic rings. The second kappa shape index (κ2) is 9.03. The van der Waals surface area contributed by atoms with E-state index in [2.05, 4.69) is 21.2 Å². The molecule has 2 rings (SSSR count). The summed E-state index contributed by atoms with van der Waals surface area (Å²) in [4.78, 5) is 37.7. The molecule has 1 saturated carbocycles. The van der Waals surface area contributed by atoms with E-state index in [0.29, 0.717) is 4.67 Å². The molecule has 2 amide bonds. The molecule has 0 aliphatic heterocycles. The molecule has 0 aromatic carbocycles. The maximum absolute atomic E-state index is 12.4. The molecule has 1 fully saturated rings. The van der Waals surface area contributed by atoms with E-state index in [-0.39, 0.29) is 24.3 Å². The number of nitrogens with one attached hydrogen (secondary N) is 1. The Labute approximate surface area is 155 Å². The first-order chi connectivity index (χ1) is 11.9. The van der Waals surface area contributed by atoms with E-state index < -0.39 is 18.0 Å². The number of carbonyl (C=O) groups is 3. The van der Waals surface area contributed by atoms with Gasteiger partial charge in [0.1, 0.15) is 6.54 Å². The summed E-state index contributed by atoms with van der Waals surface area (Å²) in [5, 5.41) is 2.40.